The maximum absolute atomic E-state index is 12.8. The number of aromatic nitrogens is 4. The van der Waals surface area contributed by atoms with Gasteiger partial charge in [-0.15, -0.1) is 0 Å². The molecule has 0 saturated carbocycles. The molecule has 5 heterocycles. The van der Waals surface area contributed by atoms with Crippen LogP contribution in [-0.4, -0.2) is 95.7 Å². The summed E-state index contributed by atoms with van der Waals surface area (Å²) in [5.74, 6) is 1.27. The first-order chi connectivity index (χ1) is 15.9. The molecule has 33 heavy (non-hydrogen) atoms. The van der Waals surface area contributed by atoms with Crippen molar-refractivity contribution in [2.24, 2.45) is 0 Å². The molecule has 0 bridgehead atoms. The third kappa shape index (κ3) is 4.43. The van der Waals surface area contributed by atoms with E-state index in [1.165, 1.54) is 16.9 Å². The third-order valence-corrected chi connectivity index (χ3v) is 7.49. The van der Waals surface area contributed by atoms with E-state index < -0.39 is 10.0 Å². The molecule has 13 heteroatoms. The molecule has 0 radical (unpaired) electrons. The molecule has 5 rings (SSSR count). The van der Waals surface area contributed by atoms with Crippen molar-refractivity contribution in [2.45, 2.75) is 13.0 Å². The lowest BCUT2D eigenvalue weighted by Crippen LogP contribution is -2.49. The monoisotopic (exact) mass is 474 g/mol. The lowest BCUT2D eigenvalue weighted by molar-refractivity contribution is 0.0935. The predicted octanol–water partition coefficient (Wildman–Crippen LogP) is -0.184. The zero-order valence-corrected chi connectivity index (χ0v) is 19.1. The van der Waals surface area contributed by atoms with Gasteiger partial charge in [0.15, 0.2) is 5.69 Å². The smallest absolute Gasteiger partial charge is 0.273 e. The molecular weight excluding hydrogens is 448 g/mol. The van der Waals surface area contributed by atoms with Gasteiger partial charge in [-0.3, -0.25) is 9.69 Å². The van der Waals surface area contributed by atoms with Crippen molar-refractivity contribution in [3.05, 3.63) is 35.6 Å². The minimum Gasteiger partial charge on any atom is -0.360 e. The Morgan fingerprint density at radius 1 is 1.21 bits per heavy atom. The Balaban J connectivity index is 1.20. The summed E-state index contributed by atoms with van der Waals surface area (Å²) in [5, 5.41) is 7.89. The van der Waals surface area contributed by atoms with Gasteiger partial charge in [-0.2, -0.15) is 4.31 Å². The second-order valence-corrected chi connectivity index (χ2v) is 10.3. The van der Waals surface area contributed by atoms with Crippen LogP contribution in [0.4, 0.5) is 5.82 Å². The molecule has 3 aromatic rings. The number of hydrogen-bond donors (Lipinski definition) is 2. The summed E-state index contributed by atoms with van der Waals surface area (Å²) in [6, 6.07) is 1.94. The molecule has 1 fully saturated rings. The number of anilines is 1. The number of fused-ring (bicyclic) bond motifs is 2. The molecule has 12 nitrogen and oxygen atoms in total. The molecule has 0 atom stereocenters. The summed E-state index contributed by atoms with van der Waals surface area (Å²) in [5.41, 5.74) is 1.85. The van der Waals surface area contributed by atoms with Gasteiger partial charge in [-0.1, -0.05) is 5.16 Å². The van der Waals surface area contributed by atoms with Crippen LogP contribution in [0.2, 0.25) is 0 Å². The molecule has 0 spiro atoms. The van der Waals surface area contributed by atoms with Gasteiger partial charge in [0.1, 0.15) is 23.6 Å². The Hall–Kier alpha value is -3.03. The van der Waals surface area contributed by atoms with E-state index >= 15 is 0 Å². The number of amides is 1. The van der Waals surface area contributed by atoms with Crippen LogP contribution < -0.4 is 10.2 Å². The van der Waals surface area contributed by atoms with Crippen LogP contribution in [0.3, 0.4) is 0 Å². The molecule has 2 aliphatic rings. The van der Waals surface area contributed by atoms with Crippen molar-refractivity contribution in [2.75, 3.05) is 57.0 Å². The molecular formula is C20H26N8O4S. The maximum atomic E-state index is 12.8. The highest BCUT2D eigenvalue weighted by atomic mass is 32.2. The first-order valence-electron chi connectivity index (χ1n) is 10.9. The zero-order chi connectivity index (χ0) is 23.0. The number of piperazine rings is 1. The highest BCUT2D eigenvalue weighted by Crippen LogP contribution is 2.29. The summed E-state index contributed by atoms with van der Waals surface area (Å²) in [6.07, 6.45) is 5.22. The maximum Gasteiger partial charge on any atom is 0.273 e. The van der Waals surface area contributed by atoms with Gasteiger partial charge in [0.25, 0.3) is 5.91 Å². The number of hydrogen-bond acceptors (Lipinski definition) is 9. The minimum absolute atomic E-state index is 0.272. The Morgan fingerprint density at radius 3 is 2.82 bits per heavy atom. The van der Waals surface area contributed by atoms with Gasteiger partial charge in [-0.25, -0.2) is 18.4 Å². The fourth-order valence-corrected chi connectivity index (χ4v) is 5.20. The van der Waals surface area contributed by atoms with Crippen molar-refractivity contribution < 1.29 is 17.7 Å². The standard InChI is InChI=1S/C20H26N8O4S/c1-33(30,31)28-10-8-26(9-11-28)7-5-22-20(29)17-15-12-27(6-3-16(15)32-25-17)19-14-2-4-21-18(14)23-13-24-19/h2,4,13H,3,5-12H2,1H3,(H,22,29)(H,21,23,24). The Bertz CT molecular complexity index is 1260. The van der Waals surface area contributed by atoms with E-state index in [1.54, 1.807) is 0 Å². The van der Waals surface area contributed by atoms with E-state index in [2.05, 4.69) is 35.2 Å². The summed E-state index contributed by atoms with van der Waals surface area (Å²) < 4.78 is 30.2. The lowest BCUT2D eigenvalue weighted by atomic mass is 10.1. The number of sulfonamides is 1. The van der Waals surface area contributed by atoms with Gasteiger partial charge in [0.2, 0.25) is 10.0 Å². The van der Waals surface area contributed by atoms with Gasteiger partial charge < -0.3 is 19.7 Å². The number of carbonyl (C=O) groups is 1. The molecule has 1 saturated heterocycles. The van der Waals surface area contributed by atoms with Crippen LogP contribution in [0.15, 0.2) is 23.1 Å². The largest absolute Gasteiger partial charge is 0.360 e. The van der Waals surface area contributed by atoms with E-state index in [0.717, 1.165) is 28.2 Å². The molecule has 0 unspecified atom stereocenters. The van der Waals surface area contributed by atoms with Crippen LogP contribution >= 0.6 is 0 Å². The second-order valence-electron chi connectivity index (χ2n) is 8.30. The van der Waals surface area contributed by atoms with Crippen LogP contribution in [0, 0.1) is 0 Å². The minimum atomic E-state index is -3.15. The zero-order valence-electron chi connectivity index (χ0n) is 18.3. The Labute approximate surface area is 191 Å². The predicted molar refractivity (Wildman–Crippen MR) is 120 cm³/mol. The lowest BCUT2D eigenvalue weighted by Gasteiger charge is -2.33. The van der Waals surface area contributed by atoms with Crippen LogP contribution in [0.1, 0.15) is 21.8 Å². The van der Waals surface area contributed by atoms with Crippen LogP contribution in [0.25, 0.3) is 11.0 Å². The number of nitrogens with zero attached hydrogens (tertiary/aromatic N) is 6. The summed E-state index contributed by atoms with van der Waals surface area (Å²) in [4.78, 5) is 28.9. The molecule has 0 aromatic carbocycles. The number of carbonyl (C=O) groups excluding carboxylic acids is 1. The summed E-state index contributed by atoms with van der Waals surface area (Å²) in [7, 11) is -3.15. The number of nitrogens with one attached hydrogen (secondary N) is 2. The summed E-state index contributed by atoms with van der Waals surface area (Å²) >= 11 is 0. The van der Waals surface area contributed by atoms with Crippen molar-refractivity contribution in [3.63, 3.8) is 0 Å². The average molecular weight is 475 g/mol. The highest BCUT2D eigenvalue weighted by Gasteiger charge is 2.29. The SMILES string of the molecule is CS(=O)(=O)N1CCN(CCNC(=O)c2noc3c2CN(c2ncnc4[nH]ccc24)CC3)CC1. The van der Waals surface area contributed by atoms with Crippen molar-refractivity contribution in [1.82, 2.24) is 34.6 Å². The quantitative estimate of drug-likeness (QED) is 0.497. The average Bonchev–Trinajstić information content (AvgIpc) is 3.45. The number of aromatic amines is 1. The molecule has 0 aliphatic carbocycles. The molecule has 176 valence electrons. The van der Waals surface area contributed by atoms with Gasteiger partial charge in [0.05, 0.1) is 18.2 Å². The van der Waals surface area contributed by atoms with Crippen molar-refractivity contribution >= 4 is 32.8 Å². The fraction of sp³-hybridized carbons (Fsp3) is 0.500. The third-order valence-electron chi connectivity index (χ3n) is 6.19. The first kappa shape index (κ1) is 21.8. The van der Waals surface area contributed by atoms with Crippen molar-refractivity contribution in [1.29, 1.82) is 0 Å². The second kappa shape index (κ2) is 8.72. The van der Waals surface area contributed by atoms with E-state index in [0.29, 0.717) is 64.5 Å². The summed E-state index contributed by atoms with van der Waals surface area (Å²) in [6.45, 7) is 4.49. The fourth-order valence-electron chi connectivity index (χ4n) is 4.38. The first-order valence-corrected chi connectivity index (χ1v) is 12.7. The van der Waals surface area contributed by atoms with Crippen LogP contribution in [0.5, 0.6) is 0 Å². The van der Waals surface area contributed by atoms with Gasteiger partial charge >= 0.3 is 0 Å². The van der Waals surface area contributed by atoms with Crippen LogP contribution in [-0.2, 0) is 23.0 Å². The Morgan fingerprint density at radius 2 is 2.03 bits per heavy atom. The topological polar surface area (TPSA) is 141 Å². The number of rotatable bonds is 6. The number of H-pyrrole nitrogens is 1. The van der Waals surface area contributed by atoms with E-state index in [9.17, 15) is 13.2 Å². The van der Waals surface area contributed by atoms with Gasteiger partial charge in [-0.05, 0) is 6.07 Å². The highest BCUT2D eigenvalue weighted by molar-refractivity contribution is 7.88. The molecule has 2 aliphatic heterocycles. The molecule has 3 aromatic heterocycles. The van der Waals surface area contributed by atoms with Gasteiger partial charge in [0, 0.05) is 64.0 Å². The van der Waals surface area contributed by atoms with E-state index in [-0.39, 0.29) is 5.91 Å². The Kier molecular flexibility index (Phi) is 5.76. The van der Waals surface area contributed by atoms with E-state index in [1.807, 2.05) is 12.3 Å². The van der Waals surface area contributed by atoms with Crippen molar-refractivity contribution in [3.8, 4) is 0 Å². The molecule has 1 amide bonds. The van der Waals surface area contributed by atoms with E-state index in [4.69, 9.17) is 4.52 Å². The molecule has 2 N–H and O–H groups in total. The normalized spacial score (nSPS) is 17.9.